The average molecular weight is 293 g/mol. The molecule has 3 rings (SSSR count). The summed E-state index contributed by atoms with van der Waals surface area (Å²) in [6.07, 6.45) is 3.46. The number of amides is 1. The lowest BCUT2D eigenvalue weighted by Crippen LogP contribution is -2.05. The van der Waals surface area contributed by atoms with E-state index < -0.39 is 0 Å². The lowest BCUT2D eigenvalue weighted by molar-refractivity contribution is -0.114. The van der Waals surface area contributed by atoms with Crippen molar-refractivity contribution in [3.63, 3.8) is 0 Å². The monoisotopic (exact) mass is 293 g/mol. The second kappa shape index (κ2) is 5.81. The van der Waals surface area contributed by atoms with Gasteiger partial charge >= 0.3 is 0 Å². The molecule has 0 radical (unpaired) electrons. The van der Waals surface area contributed by atoms with Crippen LogP contribution in [-0.4, -0.2) is 15.9 Å². The molecule has 2 aromatic heterocycles. The van der Waals surface area contributed by atoms with Crippen LogP contribution in [-0.2, 0) is 4.79 Å². The summed E-state index contributed by atoms with van der Waals surface area (Å²) in [5, 5.41) is 2.73. The normalized spacial score (nSPS) is 10.5. The smallest absolute Gasteiger partial charge is 0.226 e. The number of rotatable bonds is 3. The Morgan fingerprint density at radius 3 is 2.36 bits per heavy atom. The molecule has 5 nitrogen and oxygen atoms in total. The summed E-state index contributed by atoms with van der Waals surface area (Å²) in [4.78, 5) is 19.6. The summed E-state index contributed by atoms with van der Waals surface area (Å²) >= 11 is 0. The highest BCUT2D eigenvalue weighted by Gasteiger charge is 2.13. The van der Waals surface area contributed by atoms with E-state index in [0.717, 1.165) is 28.3 Å². The fourth-order valence-electron chi connectivity index (χ4n) is 2.20. The Balaban J connectivity index is 1.91. The van der Waals surface area contributed by atoms with E-state index in [9.17, 15) is 4.79 Å². The van der Waals surface area contributed by atoms with Gasteiger partial charge in [0.05, 0.1) is 0 Å². The maximum Gasteiger partial charge on any atom is 0.226 e. The summed E-state index contributed by atoms with van der Waals surface area (Å²) in [6, 6.07) is 11.2. The molecule has 0 aliphatic heterocycles. The minimum Gasteiger partial charge on any atom is -0.441 e. The third-order valence-electron chi connectivity index (χ3n) is 3.20. The molecule has 1 aromatic carbocycles. The van der Waals surface area contributed by atoms with Gasteiger partial charge in [0.15, 0.2) is 0 Å². The highest BCUT2D eigenvalue weighted by Crippen LogP contribution is 2.28. The Labute approximate surface area is 128 Å². The van der Waals surface area contributed by atoms with Gasteiger partial charge in [-0.1, -0.05) is 0 Å². The number of hydrogen-bond acceptors (Lipinski definition) is 4. The highest BCUT2D eigenvalue weighted by molar-refractivity contribution is 5.88. The van der Waals surface area contributed by atoms with Crippen LogP contribution in [0.15, 0.2) is 53.2 Å². The molecular weight excluding hydrogens is 278 g/mol. The van der Waals surface area contributed by atoms with Gasteiger partial charge in [-0.2, -0.15) is 0 Å². The van der Waals surface area contributed by atoms with E-state index >= 15 is 0 Å². The lowest BCUT2D eigenvalue weighted by atomic mass is 10.2. The molecule has 1 N–H and O–H groups in total. The van der Waals surface area contributed by atoms with E-state index in [2.05, 4.69) is 15.3 Å². The van der Waals surface area contributed by atoms with Crippen LogP contribution in [0.4, 0.5) is 5.69 Å². The van der Waals surface area contributed by atoms with Crippen LogP contribution >= 0.6 is 0 Å². The number of aromatic nitrogens is 2. The molecule has 110 valence electrons. The van der Waals surface area contributed by atoms with E-state index in [1.54, 1.807) is 12.4 Å². The van der Waals surface area contributed by atoms with Crippen LogP contribution in [0.3, 0.4) is 0 Å². The van der Waals surface area contributed by atoms with Crippen LogP contribution in [0.2, 0.25) is 0 Å². The number of nitrogens with zero attached hydrogens (tertiary/aromatic N) is 2. The molecule has 0 unspecified atom stereocenters. The number of oxazole rings is 1. The zero-order chi connectivity index (χ0) is 15.5. The molecule has 0 bridgehead atoms. The highest BCUT2D eigenvalue weighted by atomic mass is 16.4. The Morgan fingerprint density at radius 1 is 1.05 bits per heavy atom. The van der Waals surface area contributed by atoms with Gasteiger partial charge in [-0.25, -0.2) is 4.98 Å². The third kappa shape index (κ3) is 2.88. The summed E-state index contributed by atoms with van der Waals surface area (Å²) in [7, 11) is 0. The van der Waals surface area contributed by atoms with Crippen molar-refractivity contribution in [3.05, 3.63) is 54.6 Å². The standard InChI is InChI=1S/C17H15N3O2/c1-11-16(13-7-9-18-10-8-13)20-17(22-11)14-3-5-15(6-4-14)19-12(2)21/h3-10H,1-2H3,(H,19,21). The number of anilines is 1. The second-order valence-corrected chi connectivity index (χ2v) is 4.92. The van der Waals surface area contributed by atoms with Crippen LogP contribution in [0.1, 0.15) is 12.7 Å². The van der Waals surface area contributed by atoms with Gasteiger partial charge in [-0.05, 0) is 43.3 Å². The first-order valence-electron chi connectivity index (χ1n) is 6.89. The Kier molecular flexibility index (Phi) is 3.70. The molecule has 0 fully saturated rings. The predicted molar refractivity (Wildman–Crippen MR) is 84.2 cm³/mol. The average Bonchev–Trinajstić information content (AvgIpc) is 2.90. The number of aryl methyl sites for hydroxylation is 1. The van der Waals surface area contributed by atoms with E-state index in [4.69, 9.17) is 4.42 Å². The first-order chi connectivity index (χ1) is 10.6. The van der Waals surface area contributed by atoms with E-state index in [1.807, 2.05) is 43.3 Å². The largest absolute Gasteiger partial charge is 0.441 e. The fraction of sp³-hybridized carbons (Fsp3) is 0.118. The van der Waals surface area contributed by atoms with Gasteiger partial charge in [-0.3, -0.25) is 9.78 Å². The van der Waals surface area contributed by atoms with Crippen molar-refractivity contribution in [1.82, 2.24) is 9.97 Å². The van der Waals surface area contributed by atoms with Crippen molar-refractivity contribution in [1.29, 1.82) is 0 Å². The number of carbonyl (C=O) groups is 1. The maximum absolute atomic E-state index is 11.0. The van der Waals surface area contributed by atoms with Gasteiger partial charge in [0.1, 0.15) is 11.5 Å². The van der Waals surface area contributed by atoms with Crippen molar-refractivity contribution >= 4 is 11.6 Å². The number of hydrogen-bond donors (Lipinski definition) is 1. The second-order valence-electron chi connectivity index (χ2n) is 4.92. The molecule has 3 aromatic rings. The van der Waals surface area contributed by atoms with Gasteiger partial charge in [0, 0.05) is 36.1 Å². The molecule has 0 atom stereocenters. The van der Waals surface area contributed by atoms with E-state index in [0.29, 0.717) is 5.89 Å². The van der Waals surface area contributed by atoms with Crippen molar-refractivity contribution in [2.75, 3.05) is 5.32 Å². The third-order valence-corrected chi connectivity index (χ3v) is 3.20. The quantitative estimate of drug-likeness (QED) is 0.800. The number of carbonyl (C=O) groups excluding carboxylic acids is 1. The minimum atomic E-state index is -0.0975. The zero-order valence-electron chi connectivity index (χ0n) is 12.3. The SMILES string of the molecule is CC(=O)Nc1ccc(-c2nc(-c3ccncc3)c(C)o2)cc1. The topological polar surface area (TPSA) is 68.0 Å². The Bertz CT molecular complexity index is 793. The first-order valence-corrected chi connectivity index (χ1v) is 6.89. The van der Waals surface area contributed by atoms with Gasteiger partial charge in [0.25, 0.3) is 0 Å². The number of pyridine rings is 1. The summed E-state index contributed by atoms with van der Waals surface area (Å²) in [5.74, 6) is 1.21. The van der Waals surface area contributed by atoms with Crippen molar-refractivity contribution in [2.24, 2.45) is 0 Å². The van der Waals surface area contributed by atoms with E-state index in [-0.39, 0.29) is 5.91 Å². The Hall–Kier alpha value is -2.95. The summed E-state index contributed by atoms with van der Waals surface area (Å²) in [6.45, 7) is 3.37. The van der Waals surface area contributed by atoms with Crippen molar-refractivity contribution < 1.29 is 9.21 Å². The molecule has 0 saturated carbocycles. The fourth-order valence-corrected chi connectivity index (χ4v) is 2.20. The molecule has 0 aliphatic rings. The van der Waals surface area contributed by atoms with Crippen LogP contribution in [0, 0.1) is 6.92 Å². The number of nitrogens with one attached hydrogen (secondary N) is 1. The minimum absolute atomic E-state index is 0.0975. The lowest BCUT2D eigenvalue weighted by Gasteiger charge is -2.02. The molecule has 0 saturated heterocycles. The zero-order valence-corrected chi connectivity index (χ0v) is 12.3. The van der Waals surface area contributed by atoms with Crippen molar-refractivity contribution in [3.8, 4) is 22.7 Å². The summed E-state index contributed by atoms with van der Waals surface area (Å²) < 4.78 is 5.76. The van der Waals surface area contributed by atoms with Crippen molar-refractivity contribution in [2.45, 2.75) is 13.8 Å². The summed E-state index contributed by atoms with van der Waals surface area (Å²) in [5.41, 5.74) is 3.38. The van der Waals surface area contributed by atoms with Crippen LogP contribution in [0.5, 0.6) is 0 Å². The number of benzene rings is 1. The van der Waals surface area contributed by atoms with Gasteiger partial charge < -0.3 is 9.73 Å². The van der Waals surface area contributed by atoms with E-state index in [1.165, 1.54) is 6.92 Å². The van der Waals surface area contributed by atoms with Gasteiger partial charge in [-0.15, -0.1) is 0 Å². The Morgan fingerprint density at radius 2 is 1.73 bits per heavy atom. The first kappa shape index (κ1) is 14.0. The molecule has 1 amide bonds. The van der Waals surface area contributed by atoms with Crippen LogP contribution < -0.4 is 5.32 Å². The van der Waals surface area contributed by atoms with Crippen LogP contribution in [0.25, 0.3) is 22.7 Å². The molecule has 22 heavy (non-hydrogen) atoms. The molecule has 5 heteroatoms. The molecular formula is C17H15N3O2. The molecule has 0 spiro atoms. The molecule has 2 heterocycles. The maximum atomic E-state index is 11.0. The van der Waals surface area contributed by atoms with Gasteiger partial charge in [0.2, 0.25) is 11.8 Å². The predicted octanol–water partition coefficient (Wildman–Crippen LogP) is 3.67. The molecule has 0 aliphatic carbocycles.